The maximum absolute atomic E-state index is 12.7. The van der Waals surface area contributed by atoms with Crippen molar-refractivity contribution < 1.29 is 9.18 Å². The predicted molar refractivity (Wildman–Crippen MR) is 36.7 cm³/mol. The van der Waals surface area contributed by atoms with E-state index in [1.165, 1.54) is 12.1 Å². The minimum absolute atomic E-state index is 0.0431. The normalized spacial score (nSPS) is 8.33. The average molecular weight is 163 g/mol. The Balaban J connectivity index is 3.20. The van der Waals surface area contributed by atoms with Crippen LogP contribution in [0.1, 0.15) is 5.69 Å². The second kappa shape index (κ2) is 3.37. The van der Waals surface area contributed by atoms with Gasteiger partial charge in [0.2, 0.25) is 6.08 Å². The van der Waals surface area contributed by atoms with Crippen LogP contribution < -0.4 is 0 Å². The number of aliphatic imine (C=N–C) groups is 1. The smallest absolute Gasteiger partial charge is 0.240 e. The molecule has 0 N–H and O–H groups in total. The van der Waals surface area contributed by atoms with Gasteiger partial charge in [-0.15, -0.1) is 0 Å². The van der Waals surface area contributed by atoms with Gasteiger partial charge >= 0.3 is 0 Å². The molecular weight excluding hydrogens is 161 g/mol. The fourth-order valence-electron chi connectivity index (χ4n) is 0.624. The molecule has 0 bridgehead atoms. The van der Waals surface area contributed by atoms with Crippen molar-refractivity contribution in [2.45, 2.75) is 0 Å². The molecule has 0 aliphatic heterocycles. The number of aromatic nitrogens is 1. The number of halogens is 1. The van der Waals surface area contributed by atoms with Gasteiger partial charge in [0.1, 0.15) is 6.07 Å². The highest BCUT2D eigenvalue weighted by Crippen LogP contribution is 2.12. The number of hydrogen-bond acceptors (Lipinski definition) is 4. The monoisotopic (exact) mass is 163 g/mol. The van der Waals surface area contributed by atoms with Crippen LogP contribution in [0.2, 0.25) is 0 Å². The zero-order valence-electron chi connectivity index (χ0n) is 5.78. The Bertz CT molecular complexity index is 390. The summed E-state index contributed by atoms with van der Waals surface area (Å²) in [5, 5.41) is 8.28. The first kappa shape index (κ1) is 8.05. The molecule has 0 aliphatic carbocycles. The van der Waals surface area contributed by atoms with Gasteiger partial charge in [-0.05, 0) is 0 Å². The topological polar surface area (TPSA) is 66.1 Å². The van der Waals surface area contributed by atoms with Gasteiger partial charge in [-0.3, -0.25) is 0 Å². The summed E-state index contributed by atoms with van der Waals surface area (Å²) in [5.41, 5.74) is -0.277. The lowest BCUT2D eigenvalue weighted by Crippen LogP contribution is -1.86. The molecule has 1 aromatic rings. The number of pyridine rings is 1. The van der Waals surface area contributed by atoms with Crippen LogP contribution in [0.4, 0.5) is 10.1 Å². The highest BCUT2D eigenvalue weighted by molar-refractivity contribution is 5.48. The molecule has 4 nitrogen and oxygen atoms in total. The Kier molecular flexibility index (Phi) is 2.26. The number of rotatable bonds is 1. The second-order valence-corrected chi connectivity index (χ2v) is 1.84. The Morgan fingerprint density at radius 2 is 2.42 bits per heavy atom. The fraction of sp³-hybridized carbons (Fsp3) is 0. The summed E-state index contributed by atoms with van der Waals surface area (Å²) >= 11 is 0. The van der Waals surface area contributed by atoms with Crippen molar-refractivity contribution in [3.8, 4) is 6.07 Å². The van der Waals surface area contributed by atoms with Crippen LogP contribution in [0.25, 0.3) is 0 Å². The van der Waals surface area contributed by atoms with E-state index < -0.39 is 5.82 Å². The van der Waals surface area contributed by atoms with E-state index in [0.717, 1.165) is 12.3 Å². The van der Waals surface area contributed by atoms with Gasteiger partial charge < -0.3 is 0 Å². The van der Waals surface area contributed by atoms with E-state index in [0.29, 0.717) is 0 Å². The molecule has 0 aromatic carbocycles. The van der Waals surface area contributed by atoms with E-state index in [1.54, 1.807) is 0 Å². The first-order valence-electron chi connectivity index (χ1n) is 2.91. The Hall–Kier alpha value is -2.05. The SMILES string of the molecule is N#Cc1ncc(N=C=O)cc1F. The van der Waals surface area contributed by atoms with E-state index in [-0.39, 0.29) is 11.4 Å². The molecule has 12 heavy (non-hydrogen) atoms. The molecule has 1 rings (SSSR count). The maximum atomic E-state index is 12.7. The number of hydrogen-bond donors (Lipinski definition) is 0. The molecule has 58 valence electrons. The third-order valence-electron chi connectivity index (χ3n) is 1.11. The van der Waals surface area contributed by atoms with Gasteiger partial charge in [-0.25, -0.2) is 14.2 Å². The van der Waals surface area contributed by atoms with Gasteiger partial charge in [0.15, 0.2) is 11.5 Å². The molecule has 0 unspecified atom stereocenters. The van der Waals surface area contributed by atoms with Gasteiger partial charge in [0, 0.05) is 6.07 Å². The van der Waals surface area contributed by atoms with Gasteiger partial charge in [-0.1, -0.05) is 0 Å². The van der Waals surface area contributed by atoms with E-state index in [2.05, 4.69) is 9.98 Å². The second-order valence-electron chi connectivity index (χ2n) is 1.84. The predicted octanol–water partition coefficient (Wildman–Crippen LogP) is 1.06. The molecular formula is C7H2FN3O. The summed E-state index contributed by atoms with van der Waals surface area (Å²) in [6, 6.07) is 2.48. The maximum Gasteiger partial charge on any atom is 0.240 e. The summed E-state index contributed by atoms with van der Waals surface area (Å²) in [6.07, 6.45) is 2.35. The zero-order valence-corrected chi connectivity index (χ0v) is 5.78. The van der Waals surface area contributed by atoms with Crippen molar-refractivity contribution in [3.63, 3.8) is 0 Å². The number of nitrogens with zero attached hydrogens (tertiary/aromatic N) is 3. The molecule has 0 atom stereocenters. The van der Waals surface area contributed by atoms with Crippen molar-refractivity contribution in [2.75, 3.05) is 0 Å². The van der Waals surface area contributed by atoms with Crippen molar-refractivity contribution in [1.29, 1.82) is 5.26 Å². The van der Waals surface area contributed by atoms with Crippen molar-refractivity contribution in [2.24, 2.45) is 4.99 Å². The third-order valence-corrected chi connectivity index (χ3v) is 1.11. The number of nitriles is 1. The van der Waals surface area contributed by atoms with E-state index in [4.69, 9.17) is 5.26 Å². The molecule has 0 spiro atoms. The molecule has 5 heteroatoms. The highest BCUT2D eigenvalue weighted by atomic mass is 19.1. The van der Waals surface area contributed by atoms with Crippen LogP contribution in [0.3, 0.4) is 0 Å². The van der Waals surface area contributed by atoms with E-state index >= 15 is 0 Å². The molecule has 0 fully saturated rings. The fourth-order valence-corrected chi connectivity index (χ4v) is 0.624. The summed E-state index contributed by atoms with van der Waals surface area (Å²) < 4.78 is 12.7. The lowest BCUT2D eigenvalue weighted by atomic mass is 10.3. The molecule has 0 saturated heterocycles. The molecule has 1 heterocycles. The van der Waals surface area contributed by atoms with Crippen molar-refractivity contribution in [1.82, 2.24) is 4.98 Å². The van der Waals surface area contributed by atoms with Crippen LogP contribution >= 0.6 is 0 Å². The largest absolute Gasteiger partial charge is 0.240 e. The Labute approximate surface area is 67.0 Å². The van der Waals surface area contributed by atoms with E-state index in [1.807, 2.05) is 0 Å². The first-order chi connectivity index (χ1) is 5.77. The standard InChI is InChI=1S/C7H2FN3O/c8-6-1-5(11-4-12)3-10-7(6)2-9/h1,3H. The van der Waals surface area contributed by atoms with E-state index in [9.17, 15) is 9.18 Å². The van der Waals surface area contributed by atoms with Crippen molar-refractivity contribution in [3.05, 3.63) is 23.8 Å². The lowest BCUT2D eigenvalue weighted by Gasteiger charge is -1.91. The minimum atomic E-state index is -0.797. The lowest BCUT2D eigenvalue weighted by molar-refractivity contribution is 0.565. The first-order valence-corrected chi connectivity index (χ1v) is 2.91. The molecule has 1 aromatic heterocycles. The quantitative estimate of drug-likeness (QED) is 0.459. The highest BCUT2D eigenvalue weighted by Gasteiger charge is 2.02. The van der Waals surface area contributed by atoms with Gasteiger partial charge in [-0.2, -0.15) is 10.3 Å². The van der Waals surface area contributed by atoms with Crippen LogP contribution in [-0.4, -0.2) is 11.1 Å². The van der Waals surface area contributed by atoms with Crippen LogP contribution in [0.5, 0.6) is 0 Å². The average Bonchev–Trinajstić information content (AvgIpc) is 2.05. The van der Waals surface area contributed by atoms with Crippen molar-refractivity contribution >= 4 is 11.8 Å². The summed E-state index contributed by atoms with van der Waals surface area (Å²) in [7, 11) is 0. The Morgan fingerprint density at radius 1 is 1.67 bits per heavy atom. The number of isocyanates is 1. The van der Waals surface area contributed by atoms with Gasteiger partial charge in [0.25, 0.3) is 0 Å². The zero-order chi connectivity index (χ0) is 8.97. The third kappa shape index (κ3) is 1.51. The Morgan fingerprint density at radius 3 is 2.92 bits per heavy atom. The minimum Gasteiger partial charge on any atom is -0.240 e. The summed E-state index contributed by atoms with van der Waals surface area (Å²) in [6.45, 7) is 0. The molecule has 0 amide bonds. The number of carbonyl (C=O) groups excluding carboxylic acids is 1. The molecule has 0 saturated carbocycles. The summed E-state index contributed by atoms with van der Waals surface area (Å²) in [4.78, 5) is 16.3. The molecule has 0 aliphatic rings. The van der Waals surface area contributed by atoms with Crippen LogP contribution in [0, 0.1) is 17.1 Å². The van der Waals surface area contributed by atoms with Crippen LogP contribution in [0.15, 0.2) is 17.3 Å². The molecule has 0 radical (unpaired) electrons. The van der Waals surface area contributed by atoms with Crippen LogP contribution in [-0.2, 0) is 4.79 Å². The summed E-state index contributed by atoms with van der Waals surface area (Å²) in [5.74, 6) is -0.797. The van der Waals surface area contributed by atoms with Gasteiger partial charge in [0.05, 0.1) is 11.9 Å².